The third kappa shape index (κ3) is 3.64. The zero-order valence-corrected chi connectivity index (χ0v) is 23.0. The molecule has 0 bridgehead atoms. The highest BCUT2D eigenvalue weighted by atomic mass is 16.4. The maximum absolute atomic E-state index is 12.6. The molecule has 4 aliphatic rings. The van der Waals surface area contributed by atoms with Crippen molar-refractivity contribution in [2.45, 2.75) is 106 Å². The van der Waals surface area contributed by atoms with E-state index in [0.717, 1.165) is 37.7 Å². The average Bonchev–Trinajstić information content (AvgIpc) is 2.98. The molecule has 2 saturated carbocycles. The third-order valence-corrected chi connectivity index (χ3v) is 11.8. The van der Waals surface area contributed by atoms with Crippen LogP contribution >= 0.6 is 0 Å². The van der Waals surface area contributed by atoms with Crippen LogP contribution in [0.1, 0.15) is 93.4 Å². The summed E-state index contributed by atoms with van der Waals surface area (Å²) in [6, 6.07) is 0. The molecule has 4 nitrogen and oxygen atoms in total. The Morgan fingerprint density at radius 3 is 2.34 bits per heavy atom. The summed E-state index contributed by atoms with van der Waals surface area (Å²) >= 11 is 0. The van der Waals surface area contributed by atoms with Gasteiger partial charge in [0.1, 0.15) is 0 Å². The fourth-order valence-electron chi connectivity index (χ4n) is 8.81. The lowest BCUT2D eigenvalue weighted by Gasteiger charge is -2.61. The van der Waals surface area contributed by atoms with E-state index in [0.29, 0.717) is 24.7 Å². The number of rotatable bonds is 6. The summed E-state index contributed by atoms with van der Waals surface area (Å²) in [5, 5.41) is 32.8. The molecule has 0 saturated heterocycles. The van der Waals surface area contributed by atoms with Crippen LogP contribution in [0.25, 0.3) is 0 Å². The molecule has 0 heterocycles. The Morgan fingerprint density at radius 1 is 1.09 bits per heavy atom. The molecule has 196 valence electrons. The molecule has 0 aromatic rings. The van der Waals surface area contributed by atoms with Crippen LogP contribution in [0, 0.1) is 45.3 Å². The van der Waals surface area contributed by atoms with E-state index < -0.39 is 23.4 Å². The van der Waals surface area contributed by atoms with E-state index in [1.165, 1.54) is 11.1 Å². The summed E-state index contributed by atoms with van der Waals surface area (Å²) in [5.74, 6) is -0.623. The molecule has 0 unspecified atom stereocenters. The molecule has 0 spiro atoms. The van der Waals surface area contributed by atoms with E-state index in [-0.39, 0.29) is 28.3 Å². The van der Waals surface area contributed by atoms with Crippen LogP contribution in [0.15, 0.2) is 35.5 Å². The molecule has 4 rings (SSSR count). The Kier molecular flexibility index (Phi) is 6.54. The van der Waals surface area contributed by atoms with Crippen LogP contribution in [0.4, 0.5) is 0 Å². The van der Waals surface area contributed by atoms with E-state index in [9.17, 15) is 20.1 Å². The van der Waals surface area contributed by atoms with Crippen LogP contribution in [0.3, 0.4) is 0 Å². The minimum absolute atomic E-state index is 0.0316. The lowest BCUT2D eigenvalue weighted by atomic mass is 9.44. The lowest BCUT2D eigenvalue weighted by molar-refractivity contribution is -0.146. The first kappa shape index (κ1) is 26.7. The van der Waals surface area contributed by atoms with Crippen LogP contribution in [0.2, 0.25) is 0 Å². The maximum atomic E-state index is 12.6. The smallest absolute Gasteiger partial charge is 0.306 e. The summed E-state index contributed by atoms with van der Waals surface area (Å²) in [7, 11) is 0. The molecule has 0 aliphatic heterocycles. The number of fused-ring (bicyclic) bond motifs is 5. The van der Waals surface area contributed by atoms with Gasteiger partial charge in [-0.3, -0.25) is 4.79 Å². The van der Waals surface area contributed by atoms with E-state index in [1.54, 1.807) is 0 Å². The van der Waals surface area contributed by atoms with E-state index in [2.05, 4.69) is 67.2 Å². The van der Waals surface area contributed by atoms with Crippen molar-refractivity contribution in [1.82, 2.24) is 0 Å². The Bertz CT molecular complexity index is 957. The number of carbonyl (C=O) groups is 1. The quantitative estimate of drug-likeness (QED) is 0.374. The summed E-state index contributed by atoms with van der Waals surface area (Å²) in [6.45, 7) is 19.6. The molecule has 3 N–H and O–H groups in total. The molecule has 2 fully saturated rings. The molecule has 0 aromatic heterocycles. The van der Waals surface area contributed by atoms with Crippen molar-refractivity contribution in [3.63, 3.8) is 0 Å². The molecule has 4 aliphatic carbocycles. The number of carboxylic acids is 1. The minimum atomic E-state index is -0.744. The SMILES string of the molecule is C=C(CC[C@@H](C(=O)O)[C@H]1C[C@H](O)[C@@]2(C)C3=CC[C@@H]4C(C)(C)[C@H](O)CC[C@]4(C)C3=CC[C@]12C)C(C)C. The van der Waals surface area contributed by atoms with Crippen LogP contribution in [-0.4, -0.2) is 33.5 Å². The van der Waals surface area contributed by atoms with Crippen molar-refractivity contribution in [2.24, 2.45) is 45.3 Å². The second kappa shape index (κ2) is 8.58. The van der Waals surface area contributed by atoms with Gasteiger partial charge in [-0.25, -0.2) is 0 Å². The highest BCUT2D eigenvalue weighted by Gasteiger charge is 2.67. The zero-order valence-electron chi connectivity index (χ0n) is 23.0. The van der Waals surface area contributed by atoms with Crippen LogP contribution < -0.4 is 0 Å². The summed E-state index contributed by atoms with van der Waals surface area (Å²) in [5.41, 5.74) is 2.72. The van der Waals surface area contributed by atoms with Gasteiger partial charge in [0.05, 0.1) is 18.1 Å². The standard InChI is InChI=1S/C31H48O4/c1-18(2)19(3)9-10-20(27(34)35)23-17-26(33)31(8)22-11-12-24-28(4,5)25(32)14-15-29(24,6)21(22)13-16-30(23,31)7/h11,13,18,20,23-26,32-33H,3,9-10,12,14-17H2,1-2,4-8H3,(H,34,35)/t20-,23-,24-,25-,26+,29-,30-,31-/m1/s1. The first-order valence-corrected chi connectivity index (χ1v) is 13.8. The largest absolute Gasteiger partial charge is 0.481 e. The maximum Gasteiger partial charge on any atom is 0.306 e. The molecule has 8 atom stereocenters. The van der Waals surface area contributed by atoms with Gasteiger partial charge in [0.25, 0.3) is 0 Å². The Hall–Kier alpha value is -1.39. The molecular weight excluding hydrogens is 436 g/mol. The Balaban J connectivity index is 1.73. The highest BCUT2D eigenvalue weighted by Crippen LogP contribution is 2.71. The van der Waals surface area contributed by atoms with Crippen LogP contribution in [-0.2, 0) is 4.79 Å². The molecule has 4 heteroatoms. The first-order chi connectivity index (χ1) is 16.1. The molecule has 0 radical (unpaired) electrons. The monoisotopic (exact) mass is 484 g/mol. The van der Waals surface area contributed by atoms with Gasteiger partial charge in [0.15, 0.2) is 0 Å². The predicted molar refractivity (Wildman–Crippen MR) is 141 cm³/mol. The van der Waals surface area contributed by atoms with Gasteiger partial charge < -0.3 is 15.3 Å². The first-order valence-electron chi connectivity index (χ1n) is 13.8. The average molecular weight is 485 g/mol. The summed E-state index contributed by atoms with van der Waals surface area (Å²) in [4.78, 5) is 12.6. The number of hydrogen-bond donors (Lipinski definition) is 3. The zero-order chi connectivity index (χ0) is 26.1. The second-order valence-corrected chi connectivity index (χ2v) is 13.8. The Labute approximate surface area is 212 Å². The fourth-order valence-corrected chi connectivity index (χ4v) is 8.81. The van der Waals surface area contributed by atoms with Crippen molar-refractivity contribution < 1.29 is 20.1 Å². The number of hydrogen-bond acceptors (Lipinski definition) is 3. The lowest BCUT2D eigenvalue weighted by Crippen LogP contribution is -2.55. The third-order valence-electron chi connectivity index (χ3n) is 11.8. The normalized spacial score (nSPS) is 42.9. The van der Waals surface area contributed by atoms with Gasteiger partial charge in [-0.05, 0) is 90.1 Å². The van der Waals surface area contributed by atoms with Crippen molar-refractivity contribution in [3.05, 3.63) is 35.5 Å². The molecular formula is C31H48O4. The van der Waals surface area contributed by atoms with Crippen molar-refractivity contribution in [3.8, 4) is 0 Å². The van der Waals surface area contributed by atoms with E-state index >= 15 is 0 Å². The molecule has 0 aromatic carbocycles. The van der Waals surface area contributed by atoms with Gasteiger partial charge in [-0.2, -0.15) is 0 Å². The number of aliphatic carboxylic acids is 1. The fraction of sp³-hybridized carbons (Fsp3) is 0.774. The van der Waals surface area contributed by atoms with E-state index in [4.69, 9.17) is 0 Å². The van der Waals surface area contributed by atoms with E-state index in [1.807, 2.05) is 0 Å². The van der Waals surface area contributed by atoms with Gasteiger partial charge in [0.2, 0.25) is 0 Å². The van der Waals surface area contributed by atoms with Crippen LogP contribution in [0.5, 0.6) is 0 Å². The number of aliphatic hydroxyl groups excluding tert-OH is 2. The predicted octanol–water partition coefficient (Wildman–Crippen LogP) is 6.54. The van der Waals surface area contributed by atoms with Crippen molar-refractivity contribution in [2.75, 3.05) is 0 Å². The topological polar surface area (TPSA) is 77.8 Å². The minimum Gasteiger partial charge on any atom is -0.481 e. The Morgan fingerprint density at radius 2 is 1.74 bits per heavy atom. The number of aliphatic hydroxyl groups is 2. The van der Waals surface area contributed by atoms with Gasteiger partial charge in [-0.15, -0.1) is 0 Å². The van der Waals surface area contributed by atoms with Crippen molar-refractivity contribution in [1.29, 1.82) is 0 Å². The number of allylic oxidation sites excluding steroid dienone is 4. The second-order valence-electron chi connectivity index (χ2n) is 13.8. The highest BCUT2D eigenvalue weighted by molar-refractivity contribution is 5.71. The van der Waals surface area contributed by atoms with Crippen molar-refractivity contribution >= 4 is 5.97 Å². The summed E-state index contributed by atoms with van der Waals surface area (Å²) < 4.78 is 0. The van der Waals surface area contributed by atoms with Gasteiger partial charge >= 0.3 is 5.97 Å². The molecule has 35 heavy (non-hydrogen) atoms. The molecule has 0 amide bonds. The summed E-state index contributed by atoms with van der Waals surface area (Å²) in [6.07, 6.45) is 9.14. The van der Waals surface area contributed by atoms with Gasteiger partial charge in [0, 0.05) is 5.41 Å². The number of carboxylic acid groups (broad SMARTS) is 1. The van der Waals surface area contributed by atoms with Gasteiger partial charge in [-0.1, -0.05) is 72.8 Å².